The minimum Gasteiger partial charge on any atom is -0.493 e. The topological polar surface area (TPSA) is 82.5 Å². The van der Waals surface area contributed by atoms with Gasteiger partial charge in [-0.3, -0.25) is 14.2 Å². The van der Waals surface area contributed by atoms with E-state index in [0.29, 0.717) is 62.6 Å². The van der Waals surface area contributed by atoms with Crippen LogP contribution in [0.25, 0.3) is 10.9 Å². The van der Waals surface area contributed by atoms with Gasteiger partial charge in [-0.05, 0) is 60.0 Å². The molecule has 4 aromatic carbocycles. The Labute approximate surface area is 247 Å². The number of ether oxygens (including phenoxy) is 2. The molecule has 5 aromatic rings. The molecule has 1 heterocycles. The van der Waals surface area contributed by atoms with E-state index in [1.54, 1.807) is 48.1 Å². The number of nitrogens with one attached hydrogen (secondary N) is 1. The zero-order valence-corrected chi connectivity index (χ0v) is 24.2. The number of rotatable bonds is 10. The number of thioether (sulfide) groups is 1. The normalized spacial score (nSPS) is 10.9. The molecule has 1 aromatic heterocycles. The van der Waals surface area contributed by atoms with Gasteiger partial charge in [0.05, 0.1) is 25.1 Å². The number of amides is 1. The van der Waals surface area contributed by atoms with Crippen LogP contribution in [0.1, 0.15) is 21.5 Å². The van der Waals surface area contributed by atoms with Crippen molar-refractivity contribution in [1.29, 1.82) is 0 Å². The molecule has 0 radical (unpaired) electrons. The molecule has 208 valence electrons. The number of aryl methyl sites for hydroxylation is 1. The summed E-state index contributed by atoms with van der Waals surface area (Å²) in [7, 11) is 3.09. The summed E-state index contributed by atoms with van der Waals surface area (Å²) in [5.74, 6) is 1.32. The molecule has 0 atom stereocenters. The van der Waals surface area contributed by atoms with Crippen LogP contribution in [0.15, 0.2) is 101 Å². The lowest BCUT2D eigenvalue weighted by Crippen LogP contribution is -2.24. The molecule has 1 N–H and O–H groups in total. The number of carbonyl (C=O) groups is 1. The minimum atomic E-state index is -0.331. The van der Waals surface area contributed by atoms with Crippen molar-refractivity contribution in [1.82, 2.24) is 9.55 Å². The number of benzene rings is 4. The summed E-state index contributed by atoms with van der Waals surface area (Å²) in [6.45, 7) is 0.477. The van der Waals surface area contributed by atoms with E-state index in [-0.39, 0.29) is 11.5 Å². The lowest BCUT2D eigenvalue weighted by atomic mass is 10.1. The summed E-state index contributed by atoms with van der Waals surface area (Å²) in [6.07, 6.45) is 0.685. The molecular weight excluding hydrogens is 558 g/mol. The van der Waals surface area contributed by atoms with Crippen molar-refractivity contribution in [3.63, 3.8) is 0 Å². The maximum atomic E-state index is 13.7. The van der Waals surface area contributed by atoms with Gasteiger partial charge in [0.2, 0.25) is 0 Å². The van der Waals surface area contributed by atoms with Crippen molar-refractivity contribution in [2.75, 3.05) is 19.5 Å². The highest BCUT2D eigenvalue weighted by Gasteiger charge is 2.16. The summed E-state index contributed by atoms with van der Waals surface area (Å²) in [6, 6.07) is 27.7. The Morgan fingerprint density at radius 3 is 2.44 bits per heavy atom. The first-order valence-electron chi connectivity index (χ1n) is 12.9. The fraction of sp³-hybridized carbons (Fsp3) is 0.156. The van der Waals surface area contributed by atoms with Gasteiger partial charge in [0.1, 0.15) is 0 Å². The van der Waals surface area contributed by atoms with Crippen LogP contribution in [0.5, 0.6) is 11.5 Å². The van der Waals surface area contributed by atoms with Crippen LogP contribution >= 0.6 is 23.4 Å². The standard InChI is InChI=1S/C32H28ClN3O4S/c1-39-28-14-12-25(19-29(28)40-2)34-30(37)23-11-13-26-27(18-23)35-32(41-20-22-9-6-10-24(33)17-22)36(31(26)38)16-15-21-7-4-3-5-8-21/h3-14,17-19H,15-16,20H2,1-2H3,(H,34,37). The monoisotopic (exact) mass is 585 g/mol. The van der Waals surface area contributed by atoms with Crippen LogP contribution in [0, 0.1) is 0 Å². The van der Waals surface area contributed by atoms with E-state index in [4.69, 9.17) is 26.1 Å². The molecule has 0 aliphatic rings. The number of hydrogen-bond donors (Lipinski definition) is 1. The van der Waals surface area contributed by atoms with Crippen molar-refractivity contribution in [3.05, 3.63) is 123 Å². The number of nitrogens with zero attached hydrogens (tertiary/aromatic N) is 2. The molecule has 0 spiro atoms. The Bertz CT molecular complexity index is 1760. The summed E-state index contributed by atoms with van der Waals surface area (Å²) in [4.78, 5) is 31.7. The van der Waals surface area contributed by atoms with Gasteiger partial charge in [-0.2, -0.15) is 0 Å². The van der Waals surface area contributed by atoms with Crippen molar-refractivity contribution in [3.8, 4) is 11.5 Å². The Balaban J connectivity index is 1.46. The van der Waals surface area contributed by atoms with E-state index in [9.17, 15) is 9.59 Å². The number of methoxy groups -OCH3 is 2. The number of carbonyl (C=O) groups excluding carboxylic acids is 1. The van der Waals surface area contributed by atoms with Gasteiger partial charge in [-0.25, -0.2) is 4.98 Å². The molecule has 0 fully saturated rings. The van der Waals surface area contributed by atoms with Crippen molar-refractivity contribution >= 4 is 45.9 Å². The van der Waals surface area contributed by atoms with Crippen molar-refractivity contribution < 1.29 is 14.3 Å². The number of fused-ring (bicyclic) bond motifs is 1. The van der Waals surface area contributed by atoms with Crippen LogP contribution in [0.3, 0.4) is 0 Å². The third-order valence-corrected chi connectivity index (χ3v) is 7.83. The molecule has 0 saturated heterocycles. The summed E-state index contributed by atoms with van der Waals surface area (Å²) >= 11 is 7.65. The molecule has 9 heteroatoms. The summed E-state index contributed by atoms with van der Waals surface area (Å²) in [5, 5.41) is 4.56. The van der Waals surface area contributed by atoms with Gasteiger partial charge in [-0.15, -0.1) is 0 Å². The van der Waals surface area contributed by atoms with Gasteiger partial charge in [-0.1, -0.05) is 65.8 Å². The van der Waals surface area contributed by atoms with E-state index in [2.05, 4.69) is 5.32 Å². The summed E-state index contributed by atoms with van der Waals surface area (Å²) in [5.41, 5.74) is 3.40. The molecule has 0 aliphatic heterocycles. The van der Waals surface area contributed by atoms with E-state index >= 15 is 0 Å². The molecule has 0 saturated carbocycles. The first-order valence-corrected chi connectivity index (χ1v) is 14.3. The van der Waals surface area contributed by atoms with Crippen LogP contribution in [-0.2, 0) is 18.7 Å². The van der Waals surface area contributed by atoms with Gasteiger partial charge >= 0.3 is 0 Å². The minimum absolute atomic E-state index is 0.147. The second-order valence-corrected chi connectivity index (χ2v) is 10.6. The lowest BCUT2D eigenvalue weighted by molar-refractivity contribution is 0.102. The predicted molar refractivity (Wildman–Crippen MR) is 165 cm³/mol. The third-order valence-electron chi connectivity index (χ3n) is 6.55. The van der Waals surface area contributed by atoms with E-state index in [1.807, 2.05) is 54.6 Å². The quantitative estimate of drug-likeness (QED) is 0.142. The molecule has 5 rings (SSSR count). The van der Waals surface area contributed by atoms with Crippen LogP contribution in [0.4, 0.5) is 5.69 Å². The van der Waals surface area contributed by atoms with E-state index in [0.717, 1.165) is 11.1 Å². The van der Waals surface area contributed by atoms with Crippen molar-refractivity contribution in [2.45, 2.75) is 23.9 Å². The Hall–Kier alpha value is -4.27. The highest BCUT2D eigenvalue weighted by atomic mass is 35.5. The number of anilines is 1. The average molecular weight is 586 g/mol. The molecule has 0 bridgehead atoms. The smallest absolute Gasteiger partial charge is 0.262 e. The first kappa shape index (κ1) is 28.3. The SMILES string of the molecule is COc1ccc(NC(=O)c2ccc3c(=O)n(CCc4ccccc4)c(SCc4cccc(Cl)c4)nc3c2)cc1OC. The molecule has 7 nitrogen and oxygen atoms in total. The van der Waals surface area contributed by atoms with Crippen LogP contribution < -0.4 is 20.3 Å². The molecular formula is C32H28ClN3O4S. The second kappa shape index (κ2) is 12.9. The van der Waals surface area contributed by atoms with Gasteiger partial charge in [0, 0.05) is 34.6 Å². The largest absolute Gasteiger partial charge is 0.493 e. The average Bonchev–Trinajstić information content (AvgIpc) is 2.99. The fourth-order valence-electron chi connectivity index (χ4n) is 4.43. The molecule has 0 unspecified atom stereocenters. The maximum absolute atomic E-state index is 13.7. The maximum Gasteiger partial charge on any atom is 0.262 e. The van der Waals surface area contributed by atoms with E-state index < -0.39 is 0 Å². The molecule has 0 aliphatic carbocycles. The van der Waals surface area contributed by atoms with Crippen LogP contribution in [-0.4, -0.2) is 29.7 Å². The highest BCUT2D eigenvalue weighted by molar-refractivity contribution is 7.98. The number of aromatic nitrogens is 2. The number of hydrogen-bond acceptors (Lipinski definition) is 6. The highest BCUT2D eigenvalue weighted by Crippen LogP contribution is 2.30. The first-order chi connectivity index (χ1) is 19.9. The lowest BCUT2D eigenvalue weighted by Gasteiger charge is -2.14. The molecule has 1 amide bonds. The zero-order valence-electron chi connectivity index (χ0n) is 22.6. The third kappa shape index (κ3) is 6.73. The van der Waals surface area contributed by atoms with Crippen molar-refractivity contribution in [2.24, 2.45) is 0 Å². The number of halogens is 1. The Morgan fingerprint density at radius 1 is 0.902 bits per heavy atom. The fourth-order valence-corrected chi connectivity index (χ4v) is 5.61. The summed E-state index contributed by atoms with van der Waals surface area (Å²) < 4.78 is 12.3. The van der Waals surface area contributed by atoms with Gasteiger partial charge in [0.15, 0.2) is 16.7 Å². The predicted octanol–water partition coefficient (Wildman–Crippen LogP) is 6.85. The molecule has 41 heavy (non-hydrogen) atoms. The van der Waals surface area contributed by atoms with Gasteiger partial charge < -0.3 is 14.8 Å². The Morgan fingerprint density at radius 2 is 1.68 bits per heavy atom. The van der Waals surface area contributed by atoms with E-state index in [1.165, 1.54) is 18.9 Å². The zero-order chi connectivity index (χ0) is 28.8. The Kier molecular flexibility index (Phi) is 8.91. The van der Waals surface area contributed by atoms with Gasteiger partial charge in [0.25, 0.3) is 11.5 Å². The second-order valence-electron chi connectivity index (χ2n) is 9.26. The van der Waals surface area contributed by atoms with Crippen LogP contribution in [0.2, 0.25) is 5.02 Å².